The molecule has 0 spiro atoms. The van der Waals surface area contributed by atoms with E-state index in [0.29, 0.717) is 5.56 Å². The summed E-state index contributed by atoms with van der Waals surface area (Å²) in [6.07, 6.45) is 0. The second-order valence-corrected chi connectivity index (χ2v) is 7.34. The lowest BCUT2D eigenvalue weighted by Gasteiger charge is -2.14. The molecule has 2 aromatic carbocycles. The second-order valence-electron chi connectivity index (χ2n) is 7.34. The minimum Gasteiger partial charge on any atom is -0.343 e. The zero-order valence-corrected chi connectivity index (χ0v) is 16.9. The Hall–Kier alpha value is -3.21. The molecule has 0 aliphatic carbocycles. The van der Waals surface area contributed by atoms with Crippen molar-refractivity contribution >= 4 is 28.4 Å². The van der Waals surface area contributed by atoms with Gasteiger partial charge < -0.3 is 10.6 Å². The quantitative estimate of drug-likeness (QED) is 0.720. The lowest BCUT2D eigenvalue weighted by Crippen LogP contribution is -2.33. The fourth-order valence-corrected chi connectivity index (χ4v) is 3.48. The van der Waals surface area contributed by atoms with Crippen molar-refractivity contribution in [2.24, 2.45) is 0 Å². The molecule has 3 rings (SSSR count). The van der Waals surface area contributed by atoms with E-state index in [-0.39, 0.29) is 18.4 Å². The van der Waals surface area contributed by atoms with Crippen LogP contribution in [0, 0.1) is 34.6 Å². The highest BCUT2D eigenvalue weighted by Gasteiger charge is 2.14. The van der Waals surface area contributed by atoms with Crippen LogP contribution in [0.5, 0.6) is 0 Å². The Morgan fingerprint density at radius 2 is 1.57 bits per heavy atom. The average Bonchev–Trinajstić information content (AvgIpc) is 2.62. The van der Waals surface area contributed by atoms with Crippen molar-refractivity contribution < 1.29 is 9.59 Å². The Morgan fingerprint density at radius 3 is 2.25 bits per heavy atom. The molecular formula is C23H25N3O2. The number of fused-ring (bicyclic) bond motifs is 1. The Balaban J connectivity index is 1.75. The van der Waals surface area contributed by atoms with E-state index in [4.69, 9.17) is 0 Å². The van der Waals surface area contributed by atoms with Gasteiger partial charge in [-0.2, -0.15) is 0 Å². The minimum absolute atomic E-state index is 0.0970. The van der Waals surface area contributed by atoms with E-state index in [0.717, 1.165) is 44.5 Å². The summed E-state index contributed by atoms with van der Waals surface area (Å²) in [5, 5.41) is 6.42. The number of anilines is 1. The molecule has 5 heteroatoms. The fraction of sp³-hybridized carbons (Fsp3) is 0.261. The molecular weight excluding hydrogens is 350 g/mol. The van der Waals surface area contributed by atoms with E-state index in [2.05, 4.69) is 15.6 Å². The van der Waals surface area contributed by atoms with Crippen molar-refractivity contribution in [3.8, 4) is 0 Å². The first kappa shape index (κ1) is 19.5. The van der Waals surface area contributed by atoms with Crippen molar-refractivity contribution in [3.63, 3.8) is 0 Å². The highest BCUT2D eigenvalue weighted by atomic mass is 16.2. The number of carbonyl (C=O) groups is 2. The highest BCUT2D eigenvalue weighted by molar-refractivity contribution is 6.08. The van der Waals surface area contributed by atoms with Crippen LogP contribution < -0.4 is 10.6 Å². The topological polar surface area (TPSA) is 71.1 Å². The number of pyridine rings is 1. The summed E-state index contributed by atoms with van der Waals surface area (Å²) in [4.78, 5) is 29.6. The van der Waals surface area contributed by atoms with Crippen molar-refractivity contribution in [2.45, 2.75) is 34.6 Å². The summed E-state index contributed by atoms with van der Waals surface area (Å²) in [6, 6.07) is 11.6. The van der Waals surface area contributed by atoms with Gasteiger partial charge in [0, 0.05) is 16.8 Å². The largest absolute Gasteiger partial charge is 0.343 e. The molecule has 0 saturated carbocycles. The molecule has 1 heterocycles. The molecule has 0 bridgehead atoms. The van der Waals surface area contributed by atoms with Gasteiger partial charge in [0.1, 0.15) is 0 Å². The SMILES string of the molecule is Cc1cc(C)c(NC(=O)CNC(=O)c2cc(C)nc3ccc(C)cc23)c(C)c1. The van der Waals surface area contributed by atoms with Gasteiger partial charge in [0.25, 0.3) is 5.91 Å². The molecule has 28 heavy (non-hydrogen) atoms. The van der Waals surface area contributed by atoms with Crippen LogP contribution in [0.4, 0.5) is 5.69 Å². The number of aryl methyl sites for hydroxylation is 5. The van der Waals surface area contributed by atoms with E-state index in [1.165, 1.54) is 0 Å². The van der Waals surface area contributed by atoms with Gasteiger partial charge in [-0.1, -0.05) is 29.3 Å². The Morgan fingerprint density at radius 1 is 0.893 bits per heavy atom. The molecule has 0 aliphatic heterocycles. The monoisotopic (exact) mass is 375 g/mol. The minimum atomic E-state index is -0.284. The maximum Gasteiger partial charge on any atom is 0.252 e. The standard InChI is InChI=1S/C23H25N3O2/c1-13-6-7-20-18(10-13)19(11-17(5)25-20)23(28)24-12-21(27)26-22-15(3)8-14(2)9-16(22)4/h6-11H,12H2,1-5H3,(H,24,28)(H,26,27). The number of hydrogen-bond donors (Lipinski definition) is 2. The van der Waals surface area contributed by atoms with E-state index < -0.39 is 0 Å². The number of carbonyl (C=O) groups excluding carboxylic acids is 2. The summed E-state index contributed by atoms with van der Waals surface area (Å²) in [5.74, 6) is -0.539. The molecule has 0 unspecified atom stereocenters. The predicted molar refractivity (Wildman–Crippen MR) is 113 cm³/mol. The van der Waals surface area contributed by atoms with Gasteiger partial charge in [0.05, 0.1) is 17.6 Å². The van der Waals surface area contributed by atoms with E-state index in [9.17, 15) is 9.59 Å². The Kier molecular flexibility index (Phi) is 5.45. The maximum absolute atomic E-state index is 12.7. The summed E-state index contributed by atoms with van der Waals surface area (Å²) in [6.45, 7) is 9.67. The maximum atomic E-state index is 12.7. The first-order valence-corrected chi connectivity index (χ1v) is 9.28. The third kappa shape index (κ3) is 4.19. The van der Waals surface area contributed by atoms with Crippen LogP contribution in [0.2, 0.25) is 0 Å². The predicted octanol–water partition coefficient (Wildman–Crippen LogP) is 4.15. The third-order valence-electron chi connectivity index (χ3n) is 4.69. The number of amides is 2. The van der Waals surface area contributed by atoms with Gasteiger partial charge in [-0.3, -0.25) is 14.6 Å². The molecule has 2 amide bonds. The summed E-state index contributed by atoms with van der Waals surface area (Å²) in [7, 11) is 0. The smallest absolute Gasteiger partial charge is 0.252 e. The van der Waals surface area contributed by atoms with Gasteiger partial charge in [-0.25, -0.2) is 0 Å². The normalized spacial score (nSPS) is 10.8. The number of rotatable bonds is 4. The van der Waals surface area contributed by atoms with E-state index in [1.54, 1.807) is 6.07 Å². The van der Waals surface area contributed by atoms with E-state index >= 15 is 0 Å². The summed E-state index contributed by atoms with van der Waals surface area (Å²) in [5.41, 5.74) is 7.06. The zero-order valence-electron chi connectivity index (χ0n) is 16.9. The van der Waals surface area contributed by atoms with Gasteiger partial charge in [-0.15, -0.1) is 0 Å². The van der Waals surface area contributed by atoms with Gasteiger partial charge >= 0.3 is 0 Å². The summed E-state index contributed by atoms with van der Waals surface area (Å²) >= 11 is 0. The number of nitrogens with zero attached hydrogens (tertiary/aromatic N) is 1. The highest BCUT2D eigenvalue weighted by Crippen LogP contribution is 2.22. The van der Waals surface area contributed by atoms with Crippen molar-refractivity contribution in [3.05, 3.63) is 69.9 Å². The molecule has 5 nitrogen and oxygen atoms in total. The lowest BCUT2D eigenvalue weighted by molar-refractivity contribution is -0.115. The molecule has 0 radical (unpaired) electrons. The Bertz CT molecular complexity index is 1060. The van der Waals surface area contributed by atoms with Crippen LogP contribution in [-0.4, -0.2) is 23.3 Å². The number of nitrogens with one attached hydrogen (secondary N) is 2. The number of benzene rings is 2. The van der Waals surface area contributed by atoms with Gasteiger partial charge in [0.15, 0.2) is 0 Å². The third-order valence-corrected chi connectivity index (χ3v) is 4.69. The zero-order chi connectivity index (χ0) is 20.4. The van der Waals surface area contributed by atoms with Crippen molar-refractivity contribution in [1.82, 2.24) is 10.3 Å². The van der Waals surface area contributed by atoms with Crippen LogP contribution in [-0.2, 0) is 4.79 Å². The fourth-order valence-electron chi connectivity index (χ4n) is 3.48. The molecule has 2 N–H and O–H groups in total. The second kappa shape index (κ2) is 7.80. The molecule has 144 valence electrons. The van der Waals surface area contributed by atoms with Crippen molar-refractivity contribution in [1.29, 1.82) is 0 Å². The van der Waals surface area contributed by atoms with Crippen LogP contribution in [0.3, 0.4) is 0 Å². The average molecular weight is 375 g/mol. The molecule has 3 aromatic rings. The first-order chi connectivity index (χ1) is 13.2. The van der Waals surface area contributed by atoms with Crippen LogP contribution in [0.15, 0.2) is 36.4 Å². The molecule has 1 aromatic heterocycles. The molecule has 0 fully saturated rings. The van der Waals surface area contributed by atoms with E-state index in [1.807, 2.05) is 65.0 Å². The van der Waals surface area contributed by atoms with Gasteiger partial charge in [0.2, 0.25) is 5.91 Å². The Labute approximate surface area is 165 Å². The lowest BCUT2D eigenvalue weighted by atomic mass is 10.0. The van der Waals surface area contributed by atoms with Gasteiger partial charge in [-0.05, 0) is 63.9 Å². The molecule has 0 atom stereocenters. The van der Waals surface area contributed by atoms with Crippen molar-refractivity contribution in [2.75, 3.05) is 11.9 Å². The van der Waals surface area contributed by atoms with Crippen LogP contribution >= 0.6 is 0 Å². The van der Waals surface area contributed by atoms with Crippen LogP contribution in [0.1, 0.15) is 38.3 Å². The number of aromatic nitrogens is 1. The number of hydrogen-bond acceptors (Lipinski definition) is 3. The molecule has 0 saturated heterocycles. The van der Waals surface area contributed by atoms with Crippen LogP contribution in [0.25, 0.3) is 10.9 Å². The molecule has 0 aliphatic rings. The first-order valence-electron chi connectivity index (χ1n) is 9.28. The summed E-state index contributed by atoms with van der Waals surface area (Å²) < 4.78 is 0.